The first-order chi connectivity index (χ1) is 17.0. The Hall–Kier alpha value is -3.31. The van der Waals surface area contributed by atoms with Crippen LogP contribution in [0.4, 0.5) is 8.78 Å². The second-order valence-corrected chi connectivity index (χ2v) is 8.95. The van der Waals surface area contributed by atoms with Crippen LogP contribution in [-0.2, 0) is 26.3 Å². The van der Waals surface area contributed by atoms with Crippen LogP contribution in [0.15, 0.2) is 23.1 Å². The van der Waals surface area contributed by atoms with Gasteiger partial charge in [0, 0.05) is 31.0 Å². The zero-order valence-corrected chi connectivity index (χ0v) is 21.1. The van der Waals surface area contributed by atoms with Gasteiger partial charge in [0.1, 0.15) is 17.2 Å². The normalized spacial score (nSPS) is 19.4. The van der Waals surface area contributed by atoms with Crippen LogP contribution in [0.3, 0.4) is 0 Å². The smallest absolute Gasteiger partial charge is 0.359 e. The number of rotatable bonds is 8. The summed E-state index contributed by atoms with van der Waals surface area (Å²) in [6, 6.07) is 2.30. The third-order valence-corrected chi connectivity index (χ3v) is 6.14. The van der Waals surface area contributed by atoms with Crippen molar-refractivity contribution in [3.63, 3.8) is 0 Å². The van der Waals surface area contributed by atoms with Crippen LogP contribution in [0.1, 0.15) is 59.2 Å². The second-order valence-electron chi connectivity index (χ2n) is 8.95. The lowest BCUT2D eigenvalue weighted by atomic mass is 9.97. The van der Waals surface area contributed by atoms with Crippen molar-refractivity contribution in [3.8, 4) is 5.75 Å². The lowest BCUT2D eigenvalue weighted by molar-refractivity contribution is -0.132. The fourth-order valence-corrected chi connectivity index (χ4v) is 4.16. The molecule has 1 amide bonds. The number of ether oxygens (including phenoxy) is 4. The number of halogens is 2. The van der Waals surface area contributed by atoms with Gasteiger partial charge in [-0.05, 0) is 40.2 Å². The highest BCUT2D eigenvalue weighted by atomic mass is 19.1. The molecule has 3 rings (SSSR count). The Morgan fingerprint density at radius 3 is 2.58 bits per heavy atom. The summed E-state index contributed by atoms with van der Waals surface area (Å²) in [6.07, 6.45) is 0.321. The van der Waals surface area contributed by atoms with Crippen LogP contribution in [0.5, 0.6) is 5.75 Å². The maximum Gasteiger partial charge on any atom is 0.359 e. The summed E-state index contributed by atoms with van der Waals surface area (Å²) in [5.41, 5.74) is -2.54. The minimum Gasteiger partial charge on any atom is -0.491 e. The van der Waals surface area contributed by atoms with Crippen LogP contribution < -0.4 is 15.5 Å². The third kappa shape index (κ3) is 4.98. The molecule has 1 aromatic carbocycles. The number of aromatic nitrogens is 1. The van der Waals surface area contributed by atoms with E-state index in [9.17, 15) is 23.2 Å². The molecule has 0 bridgehead atoms. The molecule has 1 saturated heterocycles. The molecule has 2 atom stereocenters. The average Bonchev–Trinajstić information content (AvgIpc) is 3.22. The number of nitrogens with zero attached hydrogens (tertiary/aromatic N) is 1. The van der Waals surface area contributed by atoms with E-state index < -0.39 is 46.9 Å². The van der Waals surface area contributed by atoms with Gasteiger partial charge in [0.15, 0.2) is 17.7 Å². The molecule has 36 heavy (non-hydrogen) atoms. The third-order valence-electron chi connectivity index (χ3n) is 6.14. The first-order valence-electron chi connectivity index (χ1n) is 11.4. The number of methoxy groups -OCH3 is 2. The van der Waals surface area contributed by atoms with Gasteiger partial charge in [-0.1, -0.05) is 6.07 Å². The maximum atomic E-state index is 14.4. The van der Waals surface area contributed by atoms with Gasteiger partial charge in [-0.15, -0.1) is 0 Å². The highest BCUT2D eigenvalue weighted by Crippen LogP contribution is 2.36. The molecule has 1 aliphatic rings. The van der Waals surface area contributed by atoms with Gasteiger partial charge in [0.05, 0.1) is 25.4 Å². The lowest BCUT2D eigenvalue weighted by Crippen LogP contribution is -2.44. The van der Waals surface area contributed by atoms with Gasteiger partial charge in [0.2, 0.25) is 5.43 Å². The van der Waals surface area contributed by atoms with E-state index in [0.29, 0.717) is 13.0 Å². The van der Waals surface area contributed by atoms with E-state index in [2.05, 4.69) is 5.32 Å². The molecule has 2 aromatic rings. The number of nitrogens with one attached hydrogen (secondary N) is 1. The monoisotopic (exact) mass is 508 g/mol. The van der Waals surface area contributed by atoms with Crippen LogP contribution in [0, 0.1) is 18.6 Å². The number of pyridine rings is 1. The number of hydrogen-bond donors (Lipinski definition) is 1. The predicted molar refractivity (Wildman–Crippen MR) is 125 cm³/mol. The van der Waals surface area contributed by atoms with Crippen LogP contribution in [-0.4, -0.2) is 49.7 Å². The summed E-state index contributed by atoms with van der Waals surface area (Å²) >= 11 is 0. The Morgan fingerprint density at radius 2 is 1.97 bits per heavy atom. The van der Waals surface area contributed by atoms with Gasteiger partial charge >= 0.3 is 5.97 Å². The Balaban J connectivity index is 2.11. The Kier molecular flexibility index (Phi) is 8.15. The van der Waals surface area contributed by atoms with E-state index in [-0.39, 0.29) is 34.7 Å². The number of carbonyl (C=O) groups excluding carboxylic acids is 2. The molecular formula is C25H30F2N2O7. The fourth-order valence-electron chi connectivity index (χ4n) is 4.16. The number of esters is 1. The minimum absolute atomic E-state index is 0.0438. The molecule has 1 fully saturated rings. The lowest BCUT2D eigenvalue weighted by Gasteiger charge is -2.34. The summed E-state index contributed by atoms with van der Waals surface area (Å²) in [4.78, 5) is 39.4. The van der Waals surface area contributed by atoms with Crippen molar-refractivity contribution in [2.45, 2.75) is 58.6 Å². The van der Waals surface area contributed by atoms with Crippen LogP contribution in [0.25, 0.3) is 0 Å². The summed E-state index contributed by atoms with van der Waals surface area (Å²) in [5, 5.41) is 2.48. The number of amides is 1. The van der Waals surface area contributed by atoms with Crippen molar-refractivity contribution < 1.29 is 37.3 Å². The molecule has 0 spiro atoms. The van der Waals surface area contributed by atoms with E-state index >= 15 is 0 Å². The van der Waals surface area contributed by atoms with E-state index in [1.54, 1.807) is 20.8 Å². The average molecular weight is 509 g/mol. The molecule has 196 valence electrons. The van der Waals surface area contributed by atoms with Gasteiger partial charge in [0.25, 0.3) is 5.91 Å². The van der Waals surface area contributed by atoms with Gasteiger partial charge in [-0.25, -0.2) is 13.6 Å². The Bertz CT molecular complexity index is 1230. The summed E-state index contributed by atoms with van der Waals surface area (Å²) in [5.74, 6) is -3.55. The van der Waals surface area contributed by atoms with E-state index in [4.69, 9.17) is 18.9 Å². The Morgan fingerprint density at radius 1 is 1.28 bits per heavy atom. The standard InChI is InChI=1S/C25H30F2N2O7/c1-13(2)36-23(32)19-21(33-5)20(30)16(12-29(19)25(4)9-10-35-24(25)34-6)22(31)28-11-15-7-8-17(26)14(3)18(15)27/h7-8,12-13,24H,9-11H2,1-6H3,(H,28,31). The van der Waals surface area contributed by atoms with Gasteiger partial charge < -0.3 is 28.8 Å². The molecule has 2 unspecified atom stereocenters. The molecular weight excluding hydrogens is 478 g/mol. The van der Waals surface area contributed by atoms with Crippen molar-refractivity contribution in [1.29, 1.82) is 0 Å². The molecule has 0 aliphatic carbocycles. The van der Waals surface area contributed by atoms with Crippen molar-refractivity contribution in [2.75, 3.05) is 20.8 Å². The van der Waals surface area contributed by atoms with Crippen LogP contribution in [0.2, 0.25) is 0 Å². The van der Waals surface area contributed by atoms with E-state index in [0.717, 1.165) is 6.07 Å². The first kappa shape index (κ1) is 27.3. The number of hydrogen-bond acceptors (Lipinski definition) is 7. The van der Waals surface area contributed by atoms with Gasteiger partial charge in [-0.3, -0.25) is 9.59 Å². The predicted octanol–water partition coefficient (Wildman–Crippen LogP) is 3.05. The van der Waals surface area contributed by atoms with Crippen molar-refractivity contribution in [3.05, 3.63) is 62.6 Å². The molecule has 11 heteroatoms. The second kappa shape index (κ2) is 10.8. The topological polar surface area (TPSA) is 105 Å². The molecule has 1 N–H and O–H groups in total. The zero-order valence-electron chi connectivity index (χ0n) is 21.1. The number of benzene rings is 1. The highest BCUT2D eigenvalue weighted by molar-refractivity contribution is 5.97. The molecule has 9 nitrogen and oxygen atoms in total. The SMILES string of the molecule is COc1c(C(=O)OC(C)C)n(C2(C)CCOC2OC)cc(C(=O)NCc2ccc(F)c(C)c2F)c1=O. The summed E-state index contributed by atoms with van der Waals surface area (Å²) < 4.78 is 51.2. The molecule has 1 aliphatic heterocycles. The molecule has 2 heterocycles. The number of carbonyl (C=O) groups is 2. The van der Waals surface area contributed by atoms with Crippen molar-refractivity contribution >= 4 is 11.9 Å². The minimum atomic E-state index is -1.00. The largest absolute Gasteiger partial charge is 0.491 e. The summed E-state index contributed by atoms with van der Waals surface area (Å²) in [6.45, 7) is 6.35. The van der Waals surface area contributed by atoms with Crippen LogP contribution >= 0.6 is 0 Å². The van der Waals surface area contributed by atoms with E-state index in [1.165, 1.54) is 38.0 Å². The fraction of sp³-hybridized carbons (Fsp3) is 0.480. The molecule has 1 aromatic heterocycles. The maximum absolute atomic E-state index is 14.4. The Labute approximate surface area is 207 Å². The summed E-state index contributed by atoms with van der Waals surface area (Å²) in [7, 11) is 2.64. The quantitative estimate of drug-likeness (QED) is 0.547. The highest BCUT2D eigenvalue weighted by Gasteiger charge is 2.45. The van der Waals surface area contributed by atoms with Crippen molar-refractivity contribution in [1.82, 2.24) is 9.88 Å². The van der Waals surface area contributed by atoms with Crippen molar-refractivity contribution in [2.24, 2.45) is 0 Å². The zero-order chi connectivity index (χ0) is 26.8. The molecule has 0 radical (unpaired) electrons. The molecule has 0 saturated carbocycles. The van der Waals surface area contributed by atoms with E-state index in [1.807, 2.05) is 0 Å². The van der Waals surface area contributed by atoms with Gasteiger partial charge in [-0.2, -0.15) is 0 Å². The first-order valence-corrected chi connectivity index (χ1v) is 11.4.